The highest BCUT2D eigenvalue weighted by molar-refractivity contribution is 5.85. The van der Waals surface area contributed by atoms with E-state index < -0.39 is 5.54 Å². The van der Waals surface area contributed by atoms with Crippen molar-refractivity contribution in [1.82, 2.24) is 0 Å². The first kappa shape index (κ1) is 10.3. The molecule has 0 unspecified atom stereocenters. The molecule has 0 aromatic carbocycles. The normalized spacial score (nSPS) is 32.1. The summed E-state index contributed by atoms with van der Waals surface area (Å²) in [5, 5.41) is 0. The van der Waals surface area contributed by atoms with Crippen molar-refractivity contribution in [2.75, 3.05) is 6.61 Å². The predicted molar refractivity (Wildman–Crippen MR) is 51.1 cm³/mol. The minimum atomic E-state index is -0.721. The number of allylic oxidation sites excluding steroid dienone is 1. The number of carbonyl (C=O) groups is 1. The lowest BCUT2D eigenvalue weighted by molar-refractivity contribution is -0.146. The van der Waals surface area contributed by atoms with Crippen LogP contribution in [-0.2, 0) is 9.53 Å². The smallest absolute Gasteiger partial charge is 0.326 e. The fraction of sp³-hybridized carbons (Fsp3) is 0.700. The molecular formula is C10H17NO2. The quantitative estimate of drug-likeness (QED) is 0.527. The highest BCUT2D eigenvalue weighted by atomic mass is 16.5. The molecule has 0 amide bonds. The van der Waals surface area contributed by atoms with Gasteiger partial charge in [-0.05, 0) is 19.8 Å². The molecule has 1 fully saturated rings. The molecule has 3 nitrogen and oxygen atoms in total. The Labute approximate surface area is 78.9 Å². The Balaban J connectivity index is 2.44. The SMILES string of the molecule is CC/C=C/[C@@H]1C[C@]1(N)C(=O)OCC. The van der Waals surface area contributed by atoms with E-state index in [4.69, 9.17) is 10.5 Å². The van der Waals surface area contributed by atoms with Gasteiger partial charge in [0.15, 0.2) is 0 Å². The maximum absolute atomic E-state index is 11.3. The highest BCUT2D eigenvalue weighted by Gasteiger charge is 2.56. The van der Waals surface area contributed by atoms with Crippen LogP contribution >= 0.6 is 0 Å². The van der Waals surface area contributed by atoms with Crippen LogP contribution in [-0.4, -0.2) is 18.1 Å². The molecular weight excluding hydrogens is 166 g/mol. The summed E-state index contributed by atoms with van der Waals surface area (Å²) in [7, 11) is 0. The monoisotopic (exact) mass is 183 g/mol. The first-order valence-electron chi connectivity index (χ1n) is 4.78. The summed E-state index contributed by atoms with van der Waals surface area (Å²) in [6, 6.07) is 0. The van der Waals surface area contributed by atoms with Crippen LogP contribution in [0.5, 0.6) is 0 Å². The van der Waals surface area contributed by atoms with E-state index in [-0.39, 0.29) is 11.9 Å². The molecule has 1 aliphatic rings. The van der Waals surface area contributed by atoms with Gasteiger partial charge in [0.05, 0.1) is 6.61 Å². The third-order valence-electron chi connectivity index (χ3n) is 2.32. The molecule has 2 N–H and O–H groups in total. The zero-order valence-corrected chi connectivity index (χ0v) is 8.25. The van der Waals surface area contributed by atoms with Crippen molar-refractivity contribution in [3.05, 3.63) is 12.2 Å². The van der Waals surface area contributed by atoms with Gasteiger partial charge in [0.1, 0.15) is 5.54 Å². The van der Waals surface area contributed by atoms with Crippen LogP contribution in [0.3, 0.4) is 0 Å². The zero-order chi connectivity index (χ0) is 9.90. The molecule has 13 heavy (non-hydrogen) atoms. The van der Waals surface area contributed by atoms with Crippen molar-refractivity contribution in [2.24, 2.45) is 11.7 Å². The molecule has 0 saturated heterocycles. The molecule has 2 atom stereocenters. The maximum Gasteiger partial charge on any atom is 0.326 e. The highest BCUT2D eigenvalue weighted by Crippen LogP contribution is 2.43. The Hall–Kier alpha value is -0.830. The second kappa shape index (κ2) is 3.92. The molecule has 0 aliphatic heterocycles. The van der Waals surface area contributed by atoms with E-state index in [1.54, 1.807) is 6.92 Å². The Morgan fingerprint density at radius 2 is 2.38 bits per heavy atom. The average molecular weight is 183 g/mol. The molecule has 0 radical (unpaired) electrons. The van der Waals surface area contributed by atoms with E-state index in [9.17, 15) is 4.79 Å². The summed E-state index contributed by atoms with van der Waals surface area (Å²) in [5.41, 5.74) is 5.11. The third kappa shape index (κ3) is 2.10. The van der Waals surface area contributed by atoms with Crippen molar-refractivity contribution in [3.63, 3.8) is 0 Å². The molecule has 3 heteroatoms. The fourth-order valence-corrected chi connectivity index (χ4v) is 1.35. The standard InChI is InChI=1S/C10H17NO2/c1-3-5-6-8-7-10(8,11)9(12)13-4-2/h5-6,8H,3-4,7,11H2,1-2H3/b6-5+/t8-,10-/m1/s1. The summed E-state index contributed by atoms with van der Waals surface area (Å²) < 4.78 is 4.88. The lowest BCUT2D eigenvalue weighted by Crippen LogP contribution is -2.36. The number of hydrogen-bond acceptors (Lipinski definition) is 3. The maximum atomic E-state index is 11.3. The number of rotatable bonds is 4. The predicted octanol–water partition coefficient (Wildman–Crippen LogP) is 1.23. The van der Waals surface area contributed by atoms with Gasteiger partial charge in [-0.15, -0.1) is 0 Å². The lowest BCUT2D eigenvalue weighted by Gasteiger charge is -2.08. The number of esters is 1. The van der Waals surface area contributed by atoms with Crippen LogP contribution in [0.2, 0.25) is 0 Å². The van der Waals surface area contributed by atoms with Crippen molar-refractivity contribution in [1.29, 1.82) is 0 Å². The molecule has 1 aliphatic carbocycles. The summed E-state index contributed by atoms with van der Waals surface area (Å²) in [6.45, 7) is 4.25. The lowest BCUT2D eigenvalue weighted by atomic mass is 10.2. The van der Waals surface area contributed by atoms with Crippen molar-refractivity contribution < 1.29 is 9.53 Å². The van der Waals surface area contributed by atoms with Crippen LogP contribution in [0.1, 0.15) is 26.7 Å². The Morgan fingerprint density at radius 1 is 1.69 bits per heavy atom. The minimum Gasteiger partial charge on any atom is -0.465 e. The first-order chi connectivity index (χ1) is 6.15. The topological polar surface area (TPSA) is 52.3 Å². The summed E-state index contributed by atoms with van der Waals surface area (Å²) >= 11 is 0. The Morgan fingerprint density at radius 3 is 2.92 bits per heavy atom. The van der Waals surface area contributed by atoms with Crippen LogP contribution < -0.4 is 5.73 Å². The van der Waals surface area contributed by atoms with Crippen molar-refractivity contribution in [2.45, 2.75) is 32.2 Å². The zero-order valence-electron chi connectivity index (χ0n) is 8.25. The Bertz CT molecular complexity index is 225. The van der Waals surface area contributed by atoms with E-state index in [0.29, 0.717) is 6.61 Å². The van der Waals surface area contributed by atoms with Gasteiger partial charge >= 0.3 is 5.97 Å². The molecule has 1 saturated carbocycles. The van der Waals surface area contributed by atoms with E-state index in [2.05, 4.69) is 6.92 Å². The van der Waals surface area contributed by atoms with Crippen LogP contribution in [0.4, 0.5) is 0 Å². The van der Waals surface area contributed by atoms with Crippen LogP contribution in [0, 0.1) is 5.92 Å². The van der Waals surface area contributed by atoms with E-state index in [0.717, 1.165) is 12.8 Å². The molecule has 0 spiro atoms. The fourth-order valence-electron chi connectivity index (χ4n) is 1.35. The van der Waals surface area contributed by atoms with Gasteiger partial charge in [-0.1, -0.05) is 19.1 Å². The van der Waals surface area contributed by atoms with E-state index in [1.165, 1.54) is 0 Å². The van der Waals surface area contributed by atoms with Crippen LogP contribution in [0.15, 0.2) is 12.2 Å². The van der Waals surface area contributed by atoms with E-state index >= 15 is 0 Å². The molecule has 0 bridgehead atoms. The van der Waals surface area contributed by atoms with Gasteiger partial charge in [-0.2, -0.15) is 0 Å². The number of carbonyl (C=O) groups excluding carboxylic acids is 1. The molecule has 0 aromatic rings. The first-order valence-corrected chi connectivity index (χ1v) is 4.78. The van der Waals surface area contributed by atoms with Crippen molar-refractivity contribution >= 4 is 5.97 Å². The summed E-state index contributed by atoms with van der Waals surface area (Å²) in [6.07, 6.45) is 5.76. The van der Waals surface area contributed by atoms with E-state index in [1.807, 2.05) is 12.2 Å². The van der Waals surface area contributed by atoms with Crippen molar-refractivity contribution in [3.8, 4) is 0 Å². The van der Waals surface area contributed by atoms with Gasteiger partial charge in [0.25, 0.3) is 0 Å². The Kier molecular flexibility index (Phi) is 3.09. The largest absolute Gasteiger partial charge is 0.465 e. The van der Waals surface area contributed by atoms with Gasteiger partial charge < -0.3 is 10.5 Å². The van der Waals surface area contributed by atoms with Gasteiger partial charge in [-0.3, -0.25) is 4.79 Å². The summed E-state index contributed by atoms with van der Waals surface area (Å²) in [5.74, 6) is -0.0766. The second-order valence-corrected chi connectivity index (χ2v) is 3.41. The minimum absolute atomic E-state index is 0.187. The molecule has 0 heterocycles. The second-order valence-electron chi connectivity index (χ2n) is 3.41. The van der Waals surface area contributed by atoms with Crippen LogP contribution in [0.25, 0.3) is 0 Å². The number of ether oxygens (including phenoxy) is 1. The average Bonchev–Trinajstić information content (AvgIpc) is 2.76. The molecule has 74 valence electrons. The van der Waals surface area contributed by atoms with Gasteiger partial charge in [0, 0.05) is 5.92 Å². The molecule has 0 aromatic heterocycles. The third-order valence-corrected chi connectivity index (χ3v) is 2.32. The molecule has 1 rings (SSSR count). The van der Waals surface area contributed by atoms with Gasteiger partial charge in [0.2, 0.25) is 0 Å². The summed E-state index contributed by atoms with van der Waals surface area (Å²) in [4.78, 5) is 11.3. The van der Waals surface area contributed by atoms with Gasteiger partial charge in [-0.25, -0.2) is 0 Å². The number of hydrogen-bond donors (Lipinski definition) is 1. The number of nitrogens with two attached hydrogens (primary N) is 1.